The Kier molecular flexibility index (Phi) is 10.8. The minimum absolute atomic E-state index is 0.0472. The van der Waals surface area contributed by atoms with Crippen LogP contribution in [0.25, 0.3) is 0 Å². The summed E-state index contributed by atoms with van der Waals surface area (Å²) in [6.07, 6.45) is 0.968. The van der Waals surface area contributed by atoms with Crippen molar-refractivity contribution in [3.8, 4) is 0 Å². The van der Waals surface area contributed by atoms with Gasteiger partial charge < -0.3 is 14.8 Å². The van der Waals surface area contributed by atoms with E-state index in [4.69, 9.17) is 21.1 Å². The second kappa shape index (κ2) is 13.1. The molecule has 0 fully saturated rings. The molecule has 0 aliphatic carbocycles. The molecule has 1 amide bonds. The Morgan fingerprint density at radius 1 is 1.31 bits per heavy atom. The van der Waals surface area contributed by atoms with Crippen molar-refractivity contribution in [2.24, 2.45) is 0 Å². The Balaban J connectivity index is 2.23. The fraction of sp³-hybridized carbons (Fsp3) is 0.480. The van der Waals surface area contributed by atoms with Crippen molar-refractivity contribution in [2.75, 3.05) is 27.2 Å². The van der Waals surface area contributed by atoms with E-state index in [9.17, 15) is 14.0 Å². The van der Waals surface area contributed by atoms with Crippen molar-refractivity contribution in [1.29, 1.82) is 0 Å². The number of benzene rings is 1. The molecule has 0 aliphatic rings. The highest BCUT2D eigenvalue weighted by molar-refractivity contribution is 7.97. The summed E-state index contributed by atoms with van der Waals surface area (Å²) in [5.74, 6) is -1.09. The third-order valence-electron chi connectivity index (χ3n) is 4.73. The van der Waals surface area contributed by atoms with Crippen molar-refractivity contribution in [1.82, 2.24) is 19.4 Å². The minimum atomic E-state index is -0.645. The first-order valence-electron chi connectivity index (χ1n) is 11.5. The molecule has 0 spiro atoms. The molecule has 0 unspecified atom stereocenters. The second-order valence-corrected chi connectivity index (χ2v) is 10.9. The summed E-state index contributed by atoms with van der Waals surface area (Å²) < 4.78 is 28.3. The Bertz CT molecular complexity index is 1110. The van der Waals surface area contributed by atoms with Crippen molar-refractivity contribution < 1.29 is 23.5 Å². The fourth-order valence-electron chi connectivity index (χ4n) is 3.21. The van der Waals surface area contributed by atoms with Gasteiger partial charge in [0, 0.05) is 29.1 Å². The Morgan fingerprint density at radius 2 is 2.00 bits per heavy atom. The number of amides is 1. The Labute approximate surface area is 221 Å². The zero-order valence-electron chi connectivity index (χ0n) is 21.8. The van der Waals surface area contributed by atoms with Gasteiger partial charge in [0.25, 0.3) is 0 Å². The minimum Gasteiger partial charge on any atom is -0.461 e. The van der Waals surface area contributed by atoms with Gasteiger partial charge in [0.05, 0.1) is 18.2 Å². The molecule has 2 rings (SSSR count). The molecule has 0 aliphatic heterocycles. The van der Waals surface area contributed by atoms with E-state index in [-0.39, 0.29) is 25.4 Å². The number of halogens is 2. The third kappa shape index (κ3) is 9.15. The molecule has 1 heterocycles. The molecule has 2 aromatic rings. The van der Waals surface area contributed by atoms with Crippen molar-refractivity contribution in [3.05, 3.63) is 57.6 Å². The summed E-state index contributed by atoms with van der Waals surface area (Å²) >= 11 is 7.96. The monoisotopic (exact) mass is 540 g/mol. The van der Waals surface area contributed by atoms with Crippen LogP contribution in [0.1, 0.15) is 55.0 Å². The normalized spacial score (nSPS) is 12.1. The van der Waals surface area contributed by atoms with E-state index in [1.165, 1.54) is 22.7 Å². The molecular formula is C25H34ClFN4O4S. The standard InChI is InChI=1S/C25H34ClFN4O4S/c1-8-34-23(32)22-19(13-17-9-10-21(20(26)14-17)36-30(6)7)16(2)31(29-22)15-18(27)11-12-28-24(33)35-25(3,4)5/h9-11,14H,8,12-13,15H2,1-7H3,(H,28,33)/b18-11-. The van der Waals surface area contributed by atoms with Crippen LogP contribution in [0.4, 0.5) is 9.18 Å². The van der Waals surface area contributed by atoms with Gasteiger partial charge in [0.1, 0.15) is 11.4 Å². The number of nitrogens with zero attached hydrogens (tertiary/aromatic N) is 3. The van der Waals surface area contributed by atoms with Gasteiger partial charge in [0.2, 0.25) is 0 Å². The van der Waals surface area contributed by atoms with Crippen LogP contribution in [-0.2, 0) is 22.4 Å². The maximum atomic E-state index is 14.6. The summed E-state index contributed by atoms with van der Waals surface area (Å²) in [6, 6.07) is 5.71. The highest BCUT2D eigenvalue weighted by Crippen LogP contribution is 2.30. The number of aromatic nitrogens is 2. The number of rotatable bonds is 10. The largest absolute Gasteiger partial charge is 0.461 e. The van der Waals surface area contributed by atoms with Crippen LogP contribution in [0.15, 0.2) is 35.0 Å². The molecule has 198 valence electrons. The first kappa shape index (κ1) is 29.7. The number of carbonyl (C=O) groups excluding carboxylic acids is 2. The van der Waals surface area contributed by atoms with E-state index in [1.54, 1.807) is 34.6 Å². The number of alkyl carbamates (subject to hydrolysis) is 1. The summed E-state index contributed by atoms with van der Waals surface area (Å²) in [5.41, 5.74) is 1.64. The average molecular weight is 541 g/mol. The smallest absolute Gasteiger partial charge is 0.407 e. The van der Waals surface area contributed by atoms with Crippen molar-refractivity contribution >= 4 is 35.6 Å². The molecule has 1 aromatic heterocycles. The number of carbonyl (C=O) groups is 2. The lowest BCUT2D eigenvalue weighted by molar-refractivity contribution is 0.0512. The second-order valence-electron chi connectivity index (χ2n) is 9.17. The lowest BCUT2D eigenvalue weighted by Crippen LogP contribution is -2.32. The van der Waals surface area contributed by atoms with E-state index < -0.39 is 23.5 Å². The predicted octanol–water partition coefficient (Wildman–Crippen LogP) is 5.56. The number of ether oxygens (including phenoxy) is 2. The van der Waals surface area contributed by atoms with Crippen LogP contribution in [0.2, 0.25) is 5.02 Å². The van der Waals surface area contributed by atoms with E-state index in [0.717, 1.165) is 10.5 Å². The summed E-state index contributed by atoms with van der Waals surface area (Å²) in [7, 11) is 3.86. The van der Waals surface area contributed by atoms with Gasteiger partial charge in [-0.25, -0.2) is 14.0 Å². The number of nitrogens with one attached hydrogen (secondary N) is 1. The van der Waals surface area contributed by atoms with E-state index in [1.807, 2.05) is 36.6 Å². The quantitative estimate of drug-likeness (QED) is 0.312. The number of esters is 1. The molecule has 0 radical (unpaired) electrons. The van der Waals surface area contributed by atoms with Crippen LogP contribution in [0, 0.1) is 6.92 Å². The van der Waals surface area contributed by atoms with Crippen LogP contribution < -0.4 is 5.32 Å². The fourth-order valence-corrected chi connectivity index (χ4v) is 4.18. The molecule has 11 heteroatoms. The van der Waals surface area contributed by atoms with Gasteiger partial charge in [-0.3, -0.25) is 8.99 Å². The summed E-state index contributed by atoms with van der Waals surface area (Å²) in [5, 5.41) is 7.42. The van der Waals surface area contributed by atoms with Crippen molar-refractivity contribution in [3.63, 3.8) is 0 Å². The first-order valence-corrected chi connectivity index (χ1v) is 12.6. The molecule has 0 atom stereocenters. The molecule has 1 aromatic carbocycles. The number of hydrogen-bond acceptors (Lipinski definition) is 7. The molecule has 0 bridgehead atoms. The molecular weight excluding hydrogens is 507 g/mol. The lowest BCUT2D eigenvalue weighted by Gasteiger charge is -2.19. The van der Waals surface area contributed by atoms with Crippen LogP contribution >= 0.6 is 23.5 Å². The average Bonchev–Trinajstić information content (AvgIpc) is 3.04. The van der Waals surface area contributed by atoms with Crippen molar-refractivity contribution in [2.45, 2.75) is 58.1 Å². The first-order chi connectivity index (χ1) is 16.8. The summed E-state index contributed by atoms with van der Waals surface area (Å²) in [6.45, 7) is 8.66. The van der Waals surface area contributed by atoms with E-state index in [2.05, 4.69) is 10.4 Å². The SMILES string of the molecule is CCOC(=O)c1nn(C/C(F)=C/CNC(=O)OC(C)(C)C)c(C)c1Cc1ccc(SN(C)C)c(Cl)c1. The van der Waals surface area contributed by atoms with Gasteiger partial charge in [0.15, 0.2) is 5.69 Å². The molecule has 8 nitrogen and oxygen atoms in total. The van der Waals surface area contributed by atoms with E-state index >= 15 is 0 Å². The molecule has 0 saturated carbocycles. The molecule has 36 heavy (non-hydrogen) atoms. The highest BCUT2D eigenvalue weighted by Gasteiger charge is 2.23. The number of hydrogen-bond donors (Lipinski definition) is 1. The van der Waals surface area contributed by atoms with Gasteiger partial charge in [-0.05, 0) is 84.4 Å². The predicted molar refractivity (Wildman–Crippen MR) is 140 cm³/mol. The Hall–Kier alpha value is -2.56. The van der Waals surface area contributed by atoms with Crippen LogP contribution in [0.3, 0.4) is 0 Å². The number of allylic oxidation sites excluding steroid dienone is 1. The maximum absolute atomic E-state index is 14.6. The summed E-state index contributed by atoms with van der Waals surface area (Å²) in [4.78, 5) is 25.3. The van der Waals surface area contributed by atoms with Gasteiger partial charge in [-0.15, -0.1) is 0 Å². The molecule has 0 saturated heterocycles. The topological polar surface area (TPSA) is 85.7 Å². The van der Waals surface area contributed by atoms with Crippen LogP contribution in [0.5, 0.6) is 0 Å². The molecule has 1 N–H and O–H groups in total. The van der Waals surface area contributed by atoms with Crippen LogP contribution in [-0.4, -0.2) is 59.0 Å². The Morgan fingerprint density at radius 3 is 2.58 bits per heavy atom. The highest BCUT2D eigenvalue weighted by atomic mass is 35.5. The zero-order valence-corrected chi connectivity index (χ0v) is 23.3. The van der Waals surface area contributed by atoms with Gasteiger partial charge in [-0.2, -0.15) is 5.10 Å². The third-order valence-corrected chi connectivity index (χ3v) is 6.07. The lowest BCUT2D eigenvalue weighted by atomic mass is 10.0. The maximum Gasteiger partial charge on any atom is 0.407 e. The van der Waals surface area contributed by atoms with E-state index in [0.29, 0.717) is 22.7 Å². The zero-order chi connectivity index (χ0) is 27.0. The van der Waals surface area contributed by atoms with Gasteiger partial charge in [-0.1, -0.05) is 17.7 Å². The van der Waals surface area contributed by atoms with Gasteiger partial charge >= 0.3 is 12.1 Å².